The molecule has 0 saturated carbocycles. The van der Waals surface area contributed by atoms with E-state index in [1.165, 1.54) is 10.9 Å². The van der Waals surface area contributed by atoms with Gasteiger partial charge < -0.3 is 15.6 Å². The van der Waals surface area contributed by atoms with Crippen LogP contribution in [0.15, 0.2) is 55.0 Å². The number of nitrogens with zero attached hydrogens (tertiary/aromatic N) is 1. The molecule has 5 heteroatoms. The highest BCUT2D eigenvalue weighted by Gasteiger charge is 2.04. The van der Waals surface area contributed by atoms with Gasteiger partial charge in [0.2, 0.25) is 5.91 Å². The minimum Gasteiger partial charge on any atom is -0.361 e. The molecule has 0 radical (unpaired) electrons. The molecule has 3 aromatic rings. The van der Waals surface area contributed by atoms with E-state index in [9.17, 15) is 4.79 Å². The molecule has 2 heterocycles. The van der Waals surface area contributed by atoms with Crippen LogP contribution in [-0.4, -0.2) is 29.0 Å². The molecule has 0 fully saturated rings. The highest BCUT2D eigenvalue weighted by Crippen LogP contribution is 2.17. The number of fused-ring (bicyclic) bond motifs is 1. The van der Waals surface area contributed by atoms with Gasteiger partial charge in [-0.05, 0) is 35.7 Å². The van der Waals surface area contributed by atoms with Crippen molar-refractivity contribution in [2.75, 3.05) is 13.1 Å². The van der Waals surface area contributed by atoms with E-state index in [1.807, 2.05) is 30.5 Å². The molecule has 1 aromatic carbocycles. The fraction of sp³-hybridized carbons (Fsp3) is 0.222. The van der Waals surface area contributed by atoms with Crippen LogP contribution >= 0.6 is 0 Å². The van der Waals surface area contributed by atoms with Crippen molar-refractivity contribution < 1.29 is 4.79 Å². The average Bonchev–Trinajstić information content (AvgIpc) is 2.99. The van der Waals surface area contributed by atoms with E-state index in [0.717, 1.165) is 17.5 Å². The Morgan fingerprint density at radius 2 is 1.96 bits per heavy atom. The minimum absolute atomic E-state index is 0.0129. The molecule has 118 valence electrons. The maximum absolute atomic E-state index is 11.8. The molecule has 23 heavy (non-hydrogen) atoms. The lowest BCUT2D eigenvalue weighted by atomic mass is 10.1. The van der Waals surface area contributed by atoms with Gasteiger partial charge in [-0.3, -0.25) is 9.78 Å². The molecule has 0 aliphatic heterocycles. The number of carbonyl (C=O) groups excluding carboxylic acids is 1. The largest absolute Gasteiger partial charge is 0.361 e. The van der Waals surface area contributed by atoms with Crippen molar-refractivity contribution in [1.82, 2.24) is 20.6 Å². The lowest BCUT2D eigenvalue weighted by molar-refractivity contribution is -0.120. The van der Waals surface area contributed by atoms with E-state index in [1.54, 1.807) is 12.4 Å². The molecule has 0 bridgehead atoms. The summed E-state index contributed by atoms with van der Waals surface area (Å²) < 4.78 is 0. The van der Waals surface area contributed by atoms with Gasteiger partial charge in [-0.2, -0.15) is 0 Å². The number of aromatic nitrogens is 2. The van der Waals surface area contributed by atoms with Crippen LogP contribution in [0.2, 0.25) is 0 Å². The first-order valence-electron chi connectivity index (χ1n) is 7.74. The standard InChI is InChI=1S/C18H20N4O/c23-18(13-20-11-14-5-8-19-9-6-14)21-10-7-15-12-22-17-4-2-1-3-16(15)17/h1-6,8-9,12,20,22H,7,10-11,13H2,(H,21,23). The molecule has 0 aliphatic carbocycles. The first kappa shape index (κ1) is 15.2. The van der Waals surface area contributed by atoms with Gasteiger partial charge in [0, 0.05) is 42.6 Å². The number of para-hydroxylation sites is 1. The maximum atomic E-state index is 11.8. The summed E-state index contributed by atoms with van der Waals surface area (Å²) in [5, 5.41) is 7.29. The number of aromatic amines is 1. The molecule has 3 rings (SSSR count). The molecule has 0 aliphatic rings. The molecule has 0 atom stereocenters. The van der Waals surface area contributed by atoms with Crippen molar-refractivity contribution >= 4 is 16.8 Å². The zero-order valence-corrected chi connectivity index (χ0v) is 12.9. The van der Waals surface area contributed by atoms with E-state index in [-0.39, 0.29) is 5.91 Å². The Balaban J connectivity index is 1.39. The summed E-state index contributed by atoms with van der Waals surface area (Å²) in [6, 6.07) is 12.1. The molecule has 1 amide bonds. The minimum atomic E-state index is 0.0129. The number of amides is 1. The number of carbonyl (C=O) groups is 1. The normalized spacial score (nSPS) is 10.8. The number of hydrogen-bond acceptors (Lipinski definition) is 3. The number of benzene rings is 1. The third kappa shape index (κ3) is 4.17. The number of rotatable bonds is 7. The fourth-order valence-electron chi connectivity index (χ4n) is 2.56. The van der Waals surface area contributed by atoms with Crippen LogP contribution < -0.4 is 10.6 Å². The SMILES string of the molecule is O=C(CNCc1ccncc1)NCCc1c[nH]c2ccccc12. The summed E-state index contributed by atoms with van der Waals surface area (Å²) in [6.07, 6.45) is 6.33. The Morgan fingerprint density at radius 1 is 1.13 bits per heavy atom. The second-order valence-electron chi connectivity index (χ2n) is 5.42. The molecular formula is C18H20N4O. The van der Waals surface area contributed by atoms with Crippen molar-refractivity contribution in [3.63, 3.8) is 0 Å². The summed E-state index contributed by atoms with van der Waals surface area (Å²) in [4.78, 5) is 19.0. The van der Waals surface area contributed by atoms with Gasteiger partial charge >= 0.3 is 0 Å². The topological polar surface area (TPSA) is 69.8 Å². The van der Waals surface area contributed by atoms with Crippen molar-refractivity contribution in [2.24, 2.45) is 0 Å². The quantitative estimate of drug-likeness (QED) is 0.625. The molecule has 2 aromatic heterocycles. The maximum Gasteiger partial charge on any atom is 0.233 e. The monoisotopic (exact) mass is 308 g/mol. The van der Waals surface area contributed by atoms with E-state index in [0.29, 0.717) is 19.6 Å². The number of H-pyrrole nitrogens is 1. The lowest BCUT2D eigenvalue weighted by Crippen LogP contribution is -2.34. The van der Waals surface area contributed by atoms with E-state index in [2.05, 4.69) is 32.7 Å². The Labute approximate surface area is 135 Å². The van der Waals surface area contributed by atoms with E-state index < -0.39 is 0 Å². The highest BCUT2D eigenvalue weighted by molar-refractivity contribution is 5.83. The van der Waals surface area contributed by atoms with Crippen LogP contribution in [0, 0.1) is 0 Å². The van der Waals surface area contributed by atoms with Crippen molar-refractivity contribution in [3.8, 4) is 0 Å². The molecule has 3 N–H and O–H groups in total. The van der Waals surface area contributed by atoms with Gasteiger partial charge in [0.25, 0.3) is 0 Å². The van der Waals surface area contributed by atoms with Gasteiger partial charge in [-0.15, -0.1) is 0 Å². The summed E-state index contributed by atoms with van der Waals surface area (Å²) in [6.45, 7) is 1.62. The zero-order chi connectivity index (χ0) is 15.9. The van der Waals surface area contributed by atoms with Crippen molar-refractivity contribution in [2.45, 2.75) is 13.0 Å². The molecule has 0 spiro atoms. The van der Waals surface area contributed by atoms with Gasteiger partial charge in [0.1, 0.15) is 0 Å². The summed E-state index contributed by atoms with van der Waals surface area (Å²) >= 11 is 0. The zero-order valence-electron chi connectivity index (χ0n) is 12.9. The third-order valence-corrected chi connectivity index (χ3v) is 3.76. The Bertz CT molecular complexity index is 767. The number of nitrogens with one attached hydrogen (secondary N) is 3. The smallest absolute Gasteiger partial charge is 0.233 e. The molecular weight excluding hydrogens is 288 g/mol. The number of pyridine rings is 1. The number of hydrogen-bond donors (Lipinski definition) is 3. The first-order valence-corrected chi connectivity index (χ1v) is 7.74. The summed E-state index contributed by atoms with van der Waals surface area (Å²) in [5.41, 5.74) is 3.48. The van der Waals surface area contributed by atoms with E-state index in [4.69, 9.17) is 0 Å². The van der Waals surface area contributed by atoms with Gasteiger partial charge in [-0.25, -0.2) is 0 Å². The van der Waals surface area contributed by atoms with Crippen LogP contribution in [0.5, 0.6) is 0 Å². The third-order valence-electron chi connectivity index (χ3n) is 3.76. The first-order chi connectivity index (χ1) is 11.3. The Morgan fingerprint density at radius 3 is 2.83 bits per heavy atom. The van der Waals surface area contributed by atoms with Crippen molar-refractivity contribution in [1.29, 1.82) is 0 Å². The van der Waals surface area contributed by atoms with Crippen LogP contribution in [0.3, 0.4) is 0 Å². The average molecular weight is 308 g/mol. The van der Waals surface area contributed by atoms with E-state index >= 15 is 0 Å². The Kier molecular flexibility index (Phi) is 5.01. The molecule has 5 nitrogen and oxygen atoms in total. The van der Waals surface area contributed by atoms with Crippen LogP contribution in [0.25, 0.3) is 10.9 Å². The summed E-state index contributed by atoms with van der Waals surface area (Å²) in [7, 11) is 0. The summed E-state index contributed by atoms with van der Waals surface area (Å²) in [5.74, 6) is 0.0129. The van der Waals surface area contributed by atoms with Crippen LogP contribution in [0.1, 0.15) is 11.1 Å². The van der Waals surface area contributed by atoms with Gasteiger partial charge in [0.15, 0.2) is 0 Å². The molecule has 0 unspecified atom stereocenters. The fourth-order valence-corrected chi connectivity index (χ4v) is 2.56. The predicted octanol–water partition coefficient (Wildman–Crippen LogP) is 2.01. The lowest BCUT2D eigenvalue weighted by Gasteiger charge is -2.06. The second kappa shape index (κ2) is 7.56. The van der Waals surface area contributed by atoms with Crippen LogP contribution in [0.4, 0.5) is 0 Å². The van der Waals surface area contributed by atoms with Gasteiger partial charge in [0.05, 0.1) is 6.54 Å². The van der Waals surface area contributed by atoms with Crippen molar-refractivity contribution in [3.05, 3.63) is 66.1 Å². The second-order valence-corrected chi connectivity index (χ2v) is 5.42. The highest BCUT2D eigenvalue weighted by atomic mass is 16.1. The predicted molar refractivity (Wildman–Crippen MR) is 91.0 cm³/mol. The van der Waals surface area contributed by atoms with Gasteiger partial charge in [-0.1, -0.05) is 18.2 Å². The Hall–Kier alpha value is -2.66. The van der Waals surface area contributed by atoms with Crippen LogP contribution in [-0.2, 0) is 17.8 Å². The molecule has 0 saturated heterocycles.